The van der Waals surface area contributed by atoms with E-state index in [4.69, 9.17) is 0 Å². The van der Waals surface area contributed by atoms with Crippen LogP contribution >= 0.6 is 0 Å². The molecule has 110 valence electrons. The molecule has 0 spiro atoms. The standard InChI is InChI=1S/C12H19F3N2O2/c1-9(18)6-10-4-2-3-5-17(10)7-11(19)16-8-12(13,14)15/h10H,2-8H2,1H3,(H,16,19). The Balaban J connectivity index is 2.43. The number of ketones is 1. The van der Waals surface area contributed by atoms with Crippen molar-refractivity contribution in [3.63, 3.8) is 0 Å². The molecule has 0 aromatic rings. The summed E-state index contributed by atoms with van der Waals surface area (Å²) < 4.78 is 35.9. The molecular formula is C12H19F3N2O2. The van der Waals surface area contributed by atoms with E-state index in [0.29, 0.717) is 13.0 Å². The van der Waals surface area contributed by atoms with Gasteiger partial charge in [-0.05, 0) is 26.3 Å². The number of halogens is 3. The van der Waals surface area contributed by atoms with Gasteiger partial charge in [-0.3, -0.25) is 14.5 Å². The van der Waals surface area contributed by atoms with Crippen LogP contribution in [0, 0.1) is 0 Å². The second-order valence-electron chi connectivity index (χ2n) is 4.92. The van der Waals surface area contributed by atoms with E-state index in [2.05, 4.69) is 0 Å². The van der Waals surface area contributed by atoms with E-state index in [1.54, 1.807) is 4.90 Å². The highest BCUT2D eigenvalue weighted by Gasteiger charge is 2.29. The summed E-state index contributed by atoms with van der Waals surface area (Å²) in [5.74, 6) is -0.611. The fourth-order valence-corrected chi connectivity index (χ4v) is 2.27. The molecule has 0 radical (unpaired) electrons. The number of Topliss-reactive ketones (excluding diaryl/α,β-unsaturated/α-hetero) is 1. The van der Waals surface area contributed by atoms with Crippen LogP contribution < -0.4 is 5.32 Å². The van der Waals surface area contributed by atoms with Gasteiger partial charge in [-0.25, -0.2) is 0 Å². The van der Waals surface area contributed by atoms with Crippen molar-refractivity contribution < 1.29 is 22.8 Å². The number of amides is 1. The van der Waals surface area contributed by atoms with Crippen LogP contribution in [-0.4, -0.2) is 48.4 Å². The second kappa shape index (κ2) is 6.88. The highest BCUT2D eigenvalue weighted by molar-refractivity contribution is 5.78. The average Bonchev–Trinajstić information content (AvgIpc) is 2.27. The number of rotatable bonds is 5. The Bertz CT molecular complexity index is 331. The Labute approximate surface area is 110 Å². The van der Waals surface area contributed by atoms with Crippen molar-refractivity contribution in [3.05, 3.63) is 0 Å². The molecule has 1 amide bonds. The number of alkyl halides is 3. The smallest absolute Gasteiger partial charge is 0.346 e. The van der Waals surface area contributed by atoms with Crippen molar-refractivity contribution in [2.75, 3.05) is 19.6 Å². The normalized spacial score (nSPS) is 21.2. The van der Waals surface area contributed by atoms with E-state index in [0.717, 1.165) is 19.3 Å². The van der Waals surface area contributed by atoms with Crippen molar-refractivity contribution in [1.82, 2.24) is 10.2 Å². The SMILES string of the molecule is CC(=O)CC1CCCCN1CC(=O)NCC(F)(F)F. The number of carbonyl (C=O) groups is 2. The molecule has 1 atom stereocenters. The highest BCUT2D eigenvalue weighted by atomic mass is 19.4. The Kier molecular flexibility index (Phi) is 5.78. The van der Waals surface area contributed by atoms with E-state index >= 15 is 0 Å². The van der Waals surface area contributed by atoms with Crippen molar-refractivity contribution >= 4 is 11.7 Å². The zero-order valence-corrected chi connectivity index (χ0v) is 10.9. The first kappa shape index (κ1) is 15.9. The highest BCUT2D eigenvalue weighted by Crippen LogP contribution is 2.19. The quantitative estimate of drug-likeness (QED) is 0.830. The fraction of sp³-hybridized carbons (Fsp3) is 0.833. The third-order valence-electron chi connectivity index (χ3n) is 3.10. The monoisotopic (exact) mass is 280 g/mol. The molecular weight excluding hydrogens is 261 g/mol. The van der Waals surface area contributed by atoms with E-state index in [1.165, 1.54) is 6.92 Å². The van der Waals surface area contributed by atoms with E-state index in [1.807, 2.05) is 5.32 Å². The predicted octanol–water partition coefficient (Wildman–Crippen LogP) is 1.50. The van der Waals surface area contributed by atoms with E-state index < -0.39 is 18.6 Å². The number of likely N-dealkylation sites (tertiary alicyclic amines) is 1. The van der Waals surface area contributed by atoms with Gasteiger partial charge >= 0.3 is 6.18 Å². The van der Waals surface area contributed by atoms with Gasteiger partial charge in [0.1, 0.15) is 12.3 Å². The first-order valence-electron chi connectivity index (χ1n) is 6.35. The van der Waals surface area contributed by atoms with Crippen LogP contribution in [0.4, 0.5) is 13.2 Å². The summed E-state index contributed by atoms with van der Waals surface area (Å²) in [7, 11) is 0. The van der Waals surface area contributed by atoms with Crippen molar-refractivity contribution in [1.29, 1.82) is 0 Å². The van der Waals surface area contributed by atoms with Crippen LogP contribution in [0.1, 0.15) is 32.6 Å². The van der Waals surface area contributed by atoms with Crippen LogP contribution in [0.15, 0.2) is 0 Å². The van der Waals surface area contributed by atoms with Crippen LogP contribution in [0.5, 0.6) is 0 Å². The third-order valence-corrected chi connectivity index (χ3v) is 3.10. The van der Waals surface area contributed by atoms with Gasteiger partial charge < -0.3 is 5.32 Å². The lowest BCUT2D eigenvalue weighted by Gasteiger charge is -2.34. The molecule has 1 aliphatic heterocycles. The lowest BCUT2D eigenvalue weighted by molar-refractivity contribution is -0.139. The molecule has 19 heavy (non-hydrogen) atoms. The second-order valence-corrected chi connectivity index (χ2v) is 4.92. The number of nitrogens with one attached hydrogen (secondary N) is 1. The molecule has 1 aliphatic rings. The van der Waals surface area contributed by atoms with E-state index in [9.17, 15) is 22.8 Å². The van der Waals surface area contributed by atoms with Crippen LogP contribution in [-0.2, 0) is 9.59 Å². The van der Waals surface area contributed by atoms with Gasteiger partial charge in [0.05, 0.1) is 6.54 Å². The van der Waals surface area contributed by atoms with Gasteiger partial charge in [0.25, 0.3) is 0 Å². The first-order valence-corrected chi connectivity index (χ1v) is 6.35. The predicted molar refractivity (Wildman–Crippen MR) is 63.6 cm³/mol. The zero-order valence-electron chi connectivity index (χ0n) is 10.9. The Morgan fingerprint density at radius 1 is 1.32 bits per heavy atom. The maximum absolute atomic E-state index is 12.0. The zero-order chi connectivity index (χ0) is 14.5. The maximum Gasteiger partial charge on any atom is 0.405 e. The number of carbonyl (C=O) groups excluding carboxylic acids is 2. The van der Waals surface area contributed by atoms with Gasteiger partial charge in [0.2, 0.25) is 5.91 Å². The molecule has 0 saturated carbocycles. The molecule has 0 bridgehead atoms. The number of piperidine rings is 1. The van der Waals surface area contributed by atoms with Gasteiger partial charge in [0, 0.05) is 12.5 Å². The number of nitrogens with zero attached hydrogens (tertiary/aromatic N) is 1. The molecule has 0 aromatic heterocycles. The fourth-order valence-electron chi connectivity index (χ4n) is 2.27. The van der Waals surface area contributed by atoms with Gasteiger partial charge in [0.15, 0.2) is 0 Å². The van der Waals surface area contributed by atoms with Crippen molar-refractivity contribution in [2.24, 2.45) is 0 Å². The number of hydrogen-bond donors (Lipinski definition) is 1. The summed E-state index contributed by atoms with van der Waals surface area (Å²) in [6.45, 7) is 0.749. The topological polar surface area (TPSA) is 49.4 Å². The van der Waals surface area contributed by atoms with Crippen molar-refractivity contribution in [2.45, 2.75) is 44.8 Å². The van der Waals surface area contributed by atoms with Crippen LogP contribution in [0.3, 0.4) is 0 Å². The van der Waals surface area contributed by atoms with Crippen molar-refractivity contribution in [3.8, 4) is 0 Å². The summed E-state index contributed by atoms with van der Waals surface area (Å²) in [6, 6.07) is -0.0251. The summed E-state index contributed by atoms with van der Waals surface area (Å²) in [4.78, 5) is 24.4. The molecule has 7 heteroatoms. The first-order chi connectivity index (χ1) is 8.78. The van der Waals surface area contributed by atoms with E-state index in [-0.39, 0.29) is 18.4 Å². The molecule has 1 saturated heterocycles. The van der Waals surface area contributed by atoms with Crippen LogP contribution in [0.25, 0.3) is 0 Å². The Morgan fingerprint density at radius 2 is 2.00 bits per heavy atom. The lowest BCUT2D eigenvalue weighted by atomic mass is 9.98. The molecule has 1 N–H and O–H groups in total. The summed E-state index contributed by atoms with van der Waals surface area (Å²) >= 11 is 0. The molecule has 1 heterocycles. The minimum absolute atomic E-state index is 0.0251. The maximum atomic E-state index is 12.0. The molecule has 0 aliphatic carbocycles. The summed E-state index contributed by atoms with van der Waals surface area (Å²) in [5, 5.41) is 1.85. The van der Waals surface area contributed by atoms with Crippen LogP contribution in [0.2, 0.25) is 0 Å². The molecule has 0 aromatic carbocycles. The molecule has 1 rings (SSSR count). The van der Waals surface area contributed by atoms with Gasteiger partial charge in [-0.15, -0.1) is 0 Å². The Morgan fingerprint density at radius 3 is 2.58 bits per heavy atom. The molecule has 1 unspecified atom stereocenters. The van der Waals surface area contributed by atoms with Gasteiger partial charge in [-0.2, -0.15) is 13.2 Å². The molecule has 4 nitrogen and oxygen atoms in total. The minimum Gasteiger partial charge on any atom is -0.346 e. The summed E-state index contributed by atoms with van der Waals surface area (Å²) in [5.41, 5.74) is 0. The largest absolute Gasteiger partial charge is 0.405 e. The lowest BCUT2D eigenvalue weighted by Crippen LogP contribution is -2.47. The summed E-state index contributed by atoms with van der Waals surface area (Å²) in [6.07, 6.45) is -1.34. The van der Waals surface area contributed by atoms with Gasteiger partial charge in [-0.1, -0.05) is 6.42 Å². The number of hydrogen-bond acceptors (Lipinski definition) is 3. The average molecular weight is 280 g/mol. The molecule has 1 fully saturated rings. The Hall–Kier alpha value is -1.11. The third kappa shape index (κ3) is 6.56. The minimum atomic E-state index is -4.39.